The van der Waals surface area contributed by atoms with Crippen molar-refractivity contribution in [3.63, 3.8) is 0 Å². The molecule has 0 aliphatic rings. The summed E-state index contributed by atoms with van der Waals surface area (Å²) in [5.74, 6) is -0.222. The molecule has 2 aromatic rings. The van der Waals surface area contributed by atoms with Gasteiger partial charge in [-0.25, -0.2) is 12.7 Å². The van der Waals surface area contributed by atoms with Gasteiger partial charge < -0.3 is 5.32 Å². The van der Waals surface area contributed by atoms with Crippen molar-refractivity contribution < 1.29 is 13.2 Å². The molecule has 0 aliphatic heterocycles. The topological polar surface area (TPSA) is 66.5 Å². The lowest BCUT2D eigenvalue weighted by Gasteiger charge is -2.12. The molecule has 6 heteroatoms. The first-order chi connectivity index (χ1) is 10.7. The molecule has 0 aromatic heterocycles. The summed E-state index contributed by atoms with van der Waals surface area (Å²) in [5, 5.41) is 2.77. The molecule has 5 nitrogen and oxygen atoms in total. The smallest absolute Gasteiger partial charge is 0.255 e. The van der Waals surface area contributed by atoms with E-state index in [1.807, 2.05) is 32.0 Å². The summed E-state index contributed by atoms with van der Waals surface area (Å²) in [5.41, 5.74) is 3.16. The van der Waals surface area contributed by atoms with Crippen LogP contribution in [0.2, 0.25) is 0 Å². The van der Waals surface area contributed by atoms with E-state index in [4.69, 9.17) is 0 Å². The van der Waals surface area contributed by atoms with E-state index in [2.05, 4.69) is 5.32 Å². The lowest BCUT2D eigenvalue weighted by molar-refractivity contribution is 0.102. The molecule has 0 unspecified atom stereocenters. The van der Waals surface area contributed by atoms with Gasteiger partial charge in [-0.15, -0.1) is 0 Å². The summed E-state index contributed by atoms with van der Waals surface area (Å²) >= 11 is 0. The van der Waals surface area contributed by atoms with Crippen LogP contribution < -0.4 is 5.32 Å². The number of carbonyl (C=O) groups is 1. The number of nitrogens with zero attached hydrogens (tertiary/aromatic N) is 1. The molecule has 2 aromatic carbocycles. The third-order valence-electron chi connectivity index (χ3n) is 3.37. The molecule has 0 heterocycles. The van der Waals surface area contributed by atoms with E-state index in [0.717, 1.165) is 15.4 Å². The highest BCUT2D eigenvalue weighted by Crippen LogP contribution is 2.18. The van der Waals surface area contributed by atoms with Crippen LogP contribution in [0.4, 0.5) is 5.69 Å². The molecule has 0 saturated carbocycles. The molecule has 0 aliphatic carbocycles. The highest BCUT2D eigenvalue weighted by Gasteiger charge is 2.16. The predicted octanol–water partition coefficient (Wildman–Crippen LogP) is 2.81. The standard InChI is InChI=1S/C17H20N2O3S/c1-12-9-13(2)11-14(10-12)17(20)18-15-5-7-16(8-6-15)23(21,22)19(3)4/h5-11H,1-4H3,(H,18,20). The number of carbonyl (C=O) groups excluding carboxylic acids is 1. The van der Waals surface area contributed by atoms with E-state index >= 15 is 0 Å². The highest BCUT2D eigenvalue weighted by molar-refractivity contribution is 7.89. The van der Waals surface area contributed by atoms with Crippen LogP contribution >= 0.6 is 0 Å². The van der Waals surface area contributed by atoms with Crippen LogP contribution in [0.15, 0.2) is 47.4 Å². The number of aryl methyl sites for hydroxylation is 2. The molecule has 0 atom stereocenters. The van der Waals surface area contributed by atoms with Gasteiger partial charge >= 0.3 is 0 Å². The third kappa shape index (κ3) is 3.97. The second-order valence-corrected chi connectivity index (χ2v) is 7.79. The maximum Gasteiger partial charge on any atom is 0.255 e. The first-order valence-electron chi connectivity index (χ1n) is 7.12. The summed E-state index contributed by atoms with van der Waals surface area (Å²) in [4.78, 5) is 12.5. The molecule has 1 N–H and O–H groups in total. The molecule has 0 fully saturated rings. The molecule has 122 valence electrons. The number of rotatable bonds is 4. The second kappa shape index (κ2) is 6.52. The van der Waals surface area contributed by atoms with E-state index < -0.39 is 10.0 Å². The summed E-state index contributed by atoms with van der Waals surface area (Å²) in [6.45, 7) is 3.87. The maximum atomic E-state index is 12.3. The number of nitrogens with one attached hydrogen (secondary N) is 1. The fourth-order valence-corrected chi connectivity index (χ4v) is 3.13. The zero-order valence-electron chi connectivity index (χ0n) is 13.6. The average molecular weight is 332 g/mol. The summed E-state index contributed by atoms with van der Waals surface area (Å²) < 4.78 is 25.1. The van der Waals surface area contributed by atoms with Gasteiger partial charge in [0.05, 0.1) is 4.90 Å². The van der Waals surface area contributed by atoms with Gasteiger partial charge in [0.15, 0.2) is 0 Å². The monoisotopic (exact) mass is 332 g/mol. The van der Waals surface area contributed by atoms with Gasteiger partial charge in [0.2, 0.25) is 10.0 Å². The SMILES string of the molecule is Cc1cc(C)cc(C(=O)Nc2ccc(S(=O)(=O)N(C)C)cc2)c1. The van der Waals surface area contributed by atoms with Crippen molar-refractivity contribution in [2.24, 2.45) is 0 Å². The van der Waals surface area contributed by atoms with Crippen LogP contribution in [-0.4, -0.2) is 32.7 Å². The number of amides is 1. The summed E-state index contributed by atoms with van der Waals surface area (Å²) in [7, 11) is -0.510. The Balaban J connectivity index is 2.19. The second-order valence-electron chi connectivity index (χ2n) is 5.64. The summed E-state index contributed by atoms with van der Waals surface area (Å²) in [6, 6.07) is 11.7. The Hall–Kier alpha value is -2.18. The van der Waals surface area contributed by atoms with Crippen molar-refractivity contribution in [2.75, 3.05) is 19.4 Å². The van der Waals surface area contributed by atoms with Crippen molar-refractivity contribution in [3.05, 3.63) is 59.2 Å². The van der Waals surface area contributed by atoms with Crippen LogP contribution in [-0.2, 0) is 10.0 Å². The van der Waals surface area contributed by atoms with Gasteiger partial charge in [0, 0.05) is 25.3 Å². The molecule has 0 bridgehead atoms. The van der Waals surface area contributed by atoms with E-state index in [9.17, 15) is 13.2 Å². The molecular formula is C17H20N2O3S. The number of hydrogen-bond donors (Lipinski definition) is 1. The Morgan fingerprint density at radius 1 is 0.957 bits per heavy atom. The van der Waals surface area contributed by atoms with Crippen LogP contribution in [0.1, 0.15) is 21.5 Å². The minimum Gasteiger partial charge on any atom is -0.322 e. The van der Waals surface area contributed by atoms with Crippen molar-refractivity contribution in [1.82, 2.24) is 4.31 Å². The molecule has 23 heavy (non-hydrogen) atoms. The quantitative estimate of drug-likeness (QED) is 0.936. The van der Waals surface area contributed by atoms with Gasteiger partial charge in [-0.05, 0) is 50.2 Å². The highest BCUT2D eigenvalue weighted by atomic mass is 32.2. The van der Waals surface area contributed by atoms with E-state index in [1.165, 1.54) is 26.2 Å². The van der Waals surface area contributed by atoms with Gasteiger partial charge in [0.1, 0.15) is 0 Å². The fraction of sp³-hybridized carbons (Fsp3) is 0.235. The van der Waals surface area contributed by atoms with Crippen LogP contribution in [0.3, 0.4) is 0 Å². The van der Waals surface area contributed by atoms with Gasteiger partial charge in [-0.1, -0.05) is 17.2 Å². The van der Waals surface area contributed by atoms with Crippen LogP contribution in [0.25, 0.3) is 0 Å². The zero-order chi connectivity index (χ0) is 17.2. The van der Waals surface area contributed by atoms with Crippen molar-refractivity contribution >= 4 is 21.6 Å². The molecular weight excluding hydrogens is 312 g/mol. The Morgan fingerprint density at radius 3 is 1.96 bits per heavy atom. The van der Waals surface area contributed by atoms with Gasteiger partial charge in [-0.2, -0.15) is 0 Å². The predicted molar refractivity (Wildman–Crippen MR) is 91.2 cm³/mol. The van der Waals surface area contributed by atoms with Crippen molar-refractivity contribution in [1.29, 1.82) is 0 Å². The Bertz CT molecular complexity index is 805. The zero-order valence-corrected chi connectivity index (χ0v) is 14.4. The Kier molecular flexibility index (Phi) is 4.87. The Morgan fingerprint density at radius 2 is 1.48 bits per heavy atom. The lowest BCUT2D eigenvalue weighted by atomic mass is 10.1. The minimum absolute atomic E-state index is 0.187. The molecule has 0 spiro atoms. The number of sulfonamides is 1. The third-order valence-corrected chi connectivity index (χ3v) is 5.20. The number of hydrogen-bond acceptors (Lipinski definition) is 3. The largest absolute Gasteiger partial charge is 0.322 e. The van der Waals surface area contributed by atoms with E-state index in [-0.39, 0.29) is 10.8 Å². The summed E-state index contributed by atoms with van der Waals surface area (Å²) in [6.07, 6.45) is 0. The maximum absolute atomic E-state index is 12.3. The normalized spacial score (nSPS) is 11.5. The molecule has 0 saturated heterocycles. The molecule has 0 radical (unpaired) electrons. The first kappa shape index (κ1) is 17.2. The van der Waals surface area contributed by atoms with Crippen molar-refractivity contribution in [2.45, 2.75) is 18.7 Å². The average Bonchev–Trinajstić information content (AvgIpc) is 2.46. The number of anilines is 1. The van der Waals surface area contributed by atoms with Gasteiger partial charge in [0.25, 0.3) is 5.91 Å². The van der Waals surface area contributed by atoms with E-state index in [0.29, 0.717) is 11.3 Å². The van der Waals surface area contributed by atoms with E-state index in [1.54, 1.807) is 12.1 Å². The first-order valence-corrected chi connectivity index (χ1v) is 8.56. The van der Waals surface area contributed by atoms with Crippen LogP contribution in [0.5, 0.6) is 0 Å². The fourth-order valence-electron chi connectivity index (χ4n) is 2.23. The Labute approximate surface area is 137 Å². The molecule has 1 amide bonds. The van der Waals surface area contributed by atoms with Gasteiger partial charge in [-0.3, -0.25) is 4.79 Å². The lowest BCUT2D eigenvalue weighted by Crippen LogP contribution is -2.22. The molecule has 2 rings (SSSR count). The van der Waals surface area contributed by atoms with Crippen LogP contribution in [0, 0.1) is 13.8 Å². The van der Waals surface area contributed by atoms with Crippen molar-refractivity contribution in [3.8, 4) is 0 Å². The minimum atomic E-state index is -3.46. The number of benzene rings is 2.